The second-order valence-corrected chi connectivity index (χ2v) is 12.3. The molecule has 4 heteroatoms. The first-order chi connectivity index (χ1) is 9.69. The second-order valence-electron chi connectivity index (χ2n) is 7.56. The molecule has 21 heavy (non-hydrogen) atoms. The Morgan fingerprint density at radius 1 is 1.29 bits per heavy atom. The Morgan fingerprint density at radius 2 is 1.95 bits per heavy atom. The van der Waals surface area contributed by atoms with Gasteiger partial charge in [-0.25, -0.2) is 0 Å². The van der Waals surface area contributed by atoms with Crippen molar-refractivity contribution in [3.05, 3.63) is 12.3 Å². The smallest absolute Gasteiger partial charge is 0.249 e. The third kappa shape index (κ3) is 5.17. The van der Waals surface area contributed by atoms with E-state index >= 15 is 0 Å². The Balaban J connectivity index is 2.72. The minimum Gasteiger partial charge on any atom is -0.549 e. The molecule has 0 radical (unpaired) electrons. The maximum absolute atomic E-state index is 12.1. The van der Waals surface area contributed by atoms with Crippen LogP contribution in [-0.2, 0) is 9.22 Å². The fraction of sp³-hybridized carbons (Fsp3) is 0.824. The molecule has 1 rings (SSSR count). The molecule has 122 valence electrons. The summed E-state index contributed by atoms with van der Waals surface area (Å²) in [5.41, 5.74) is 0. The number of rotatable bonds is 4. The average Bonchev–Trinajstić information content (AvgIpc) is 2.62. The lowest BCUT2D eigenvalue weighted by Gasteiger charge is -2.35. The molecule has 1 heterocycles. The van der Waals surface area contributed by atoms with Crippen LogP contribution in [0.1, 0.15) is 59.8 Å². The van der Waals surface area contributed by atoms with Gasteiger partial charge in [-0.1, -0.05) is 40.5 Å². The Labute approximate surface area is 131 Å². The summed E-state index contributed by atoms with van der Waals surface area (Å²) in [7, 11) is -1.75. The molecular formula is C17H33NO2Si. The van der Waals surface area contributed by atoms with Gasteiger partial charge in [0.2, 0.25) is 14.2 Å². The first kappa shape index (κ1) is 18.3. The normalized spacial score (nSPS) is 21.4. The number of hydrogen-bond acceptors (Lipinski definition) is 2. The van der Waals surface area contributed by atoms with Crippen molar-refractivity contribution in [1.29, 1.82) is 0 Å². The monoisotopic (exact) mass is 311 g/mol. The van der Waals surface area contributed by atoms with Crippen LogP contribution >= 0.6 is 0 Å². The van der Waals surface area contributed by atoms with Gasteiger partial charge < -0.3 is 9.33 Å². The van der Waals surface area contributed by atoms with Gasteiger partial charge in [-0.3, -0.25) is 4.79 Å². The summed E-state index contributed by atoms with van der Waals surface area (Å²) in [6.07, 6.45) is 9.18. The number of hydrogen-bond donors (Lipinski definition) is 0. The highest BCUT2D eigenvalue weighted by Crippen LogP contribution is 2.36. The summed E-state index contributed by atoms with van der Waals surface area (Å²) in [6, 6.07) is 0.213. The molecule has 1 amide bonds. The van der Waals surface area contributed by atoms with Gasteiger partial charge in [0.15, 0.2) is 0 Å². The van der Waals surface area contributed by atoms with Gasteiger partial charge >= 0.3 is 0 Å². The summed E-state index contributed by atoms with van der Waals surface area (Å²) >= 11 is 0. The van der Waals surface area contributed by atoms with Crippen LogP contribution < -0.4 is 0 Å². The highest BCUT2D eigenvalue weighted by atomic mass is 28.4. The van der Waals surface area contributed by atoms with E-state index in [-0.39, 0.29) is 17.0 Å². The molecule has 0 aromatic heterocycles. The van der Waals surface area contributed by atoms with Crippen molar-refractivity contribution in [2.24, 2.45) is 0 Å². The largest absolute Gasteiger partial charge is 0.549 e. The summed E-state index contributed by atoms with van der Waals surface area (Å²) in [5.74, 6) is 0.263. The minimum atomic E-state index is -1.75. The van der Waals surface area contributed by atoms with Crippen LogP contribution in [0.5, 0.6) is 0 Å². The maximum Gasteiger partial charge on any atom is 0.249 e. The molecule has 3 nitrogen and oxygen atoms in total. The van der Waals surface area contributed by atoms with Crippen molar-refractivity contribution in [2.75, 3.05) is 6.54 Å². The predicted octanol–water partition coefficient (Wildman–Crippen LogP) is 4.70. The summed E-state index contributed by atoms with van der Waals surface area (Å²) < 4.78 is 6.12. The van der Waals surface area contributed by atoms with Gasteiger partial charge in [0.05, 0.1) is 12.3 Å². The van der Waals surface area contributed by atoms with Crippen LogP contribution in [0, 0.1) is 0 Å². The van der Waals surface area contributed by atoms with Crippen molar-refractivity contribution in [1.82, 2.24) is 4.90 Å². The highest BCUT2D eigenvalue weighted by molar-refractivity contribution is 6.74. The van der Waals surface area contributed by atoms with Crippen molar-refractivity contribution in [3.63, 3.8) is 0 Å². The quantitative estimate of drug-likeness (QED) is 0.556. The van der Waals surface area contributed by atoms with Crippen LogP contribution in [0.25, 0.3) is 0 Å². The zero-order chi connectivity index (χ0) is 16.1. The molecule has 0 saturated carbocycles. The second kappa shape index (κ2) is 7.48. The van der Waals surface area contributed by atoms with E-state index in [9.17, 15) is 4.79 Å². The molecule has 0 aromatic carbocycles. The van der Waals surface area contributed by atoms with Crippen LogP contribution in [0.3, 0.4) is 0 Å². The lowest BCUT2D eigenvalue weighted by Crippen LogP contribution is -2.40. The zero-order valence-electron chi connectivity index (χ0n) is 14.7. The van der Waals surface area contributed by atoms with Gasteiger partial charge in [-0.15, -0.1) is 0 Å². The third-order valence-corrected chi connectivity index (χ3v) is 9.23. The first-order valence-corrected chi connectivity index (χ1v) is 11.2. The Morgan fingerprint density at radius 3 is 2.52 bits per heavy atom. The number of nitrogens with zero attached hydrogens (tertiary/aromatic N) is 1. The number of likely N-dealkylation sites (tertiary alicyclic amines) is 1. The van der Waals surface area contributed by atoms with E-state index in [1.807, 2.05) is 18.1 Å². The zero-order valence-corrected chi connectivity index (χ0v) is 15.7. The van der Waals surface area contributed by atoms with E-state index < -0.39 is 8.32 Å². The average molecular weight is 312 g/mol. The first-order valence-electron chi connectivity index (χ1n) is 8.33. The molecule has 1 aliphatic heterocycles. The highest BCUT2D eigenvalue weighted by Gasteiger charge is 2.38. The van der Waals surface area contributed by atoms with Crippen molar-refractivity contribution < 1.29 is 9.22 Å². The Hall–Kier alpha value is -0.773. The summed E-state index contributed by atoms with van der Waals surface area (Å²) in [4.78, 5) is 14.1. The van der Waals surface area contributed by atoms with Crippen molar-refractivity contribution in [3.8, 4) is 0 Å². The number of amides is 1. The van der Waals surface area contributed by atoms with E-state index in [0.717, 1.165) is 19.4 Å². The van der Waals surface area contributed by atoms with Crippen molar-refractivity contribution >= 4 is 14.2 Å². The molecule has 0 bridgehead atoms. The molecule has 1 atom stereocenters. The van der Waals surface area contributed by atoms with Gasteiger partial charge in [-0.2, -0.15) is 0 Å². The standard InChI is InChI=1S/C17H33NO2Si/c1-7-16(19)18-13-10-8-9-11-15(18)12-14-20-21(5,6)17(2,3)4/h12,14-15H,7-11,13H2,1-6H3/b14-12+. The van der Waals surface area contributed by atoms with E-state index in [1.54, 1.807) is 0 Å². The predicted molar refractivity (Wildman–Crippen MR) is 91.7 cm³/mol. The SMILES string of the molecule is CCC(=O)N1CCCCCC1/C=C/O[Si](C)(C)C(C)(C)C. The van der Waals surface area contributed by atoms with E-state index in [4.69, 9.17) is 4.43 Å². The van der Waals surface area contributed by atoms with Gasteiger partial charge in [0, 0.05) is 13.0 Å². The molecule has 1 unspecified atom stereocenters. The Bertz CT molecular complexity index is 371. The molecule has 0 aromatic rings. The minimum absolute atomic E-state index is 0.208. The van der Waals surface area contributed by atoms with Gasteiger partial charge in [-0.05, 0) is 37.0 Å². The lowest BCUT2D eigenvalue weighted by molar-refractivity contribution is -0.132. The van der Waals surface area contributed by atoms with E-state index in [2.05, 4.69) is 39.9 Å². The molecule has 1 aliphatic rings. The van der Waals surface area contributed by atoms with Crippen molar-refractivity contribution in [2.45, 2.75) is 84.0 Å². The summed E-state index contributed by atoms with van der Waals surface area (Å²) in [6.45, 7) is 14.1. The van der Waals surface area contributed by atoms with E-state index in [0.29, 0.717) is 6.42 Å². The summed E-state index contributed by atoms with van der Waals surface area (Å²) in [5, 5.41) is 0.208. The maximum atomic E-state index is 12.1. The molecule has 0 spiro atoms. The van der Waals surface area contributed by atoms with Crippen LogP contribution in [0.4, 0.5) is 0 Å². The molecule has 1 fully saturated rings. The van der Waals surface area contributed by atoms with Gasteiger partial charge in [0.25, 0.3) is 0 Å². The van der Waals surface area contributed by atoms with Crippen LogP contribution in [0.2, 0.25) is 18.1 Å². The fourth-order valence-electron chi connectivity index (χ4n) is 2.32. The third-order valence-electron chi connectivity index (χ3n) is 4.89. The Kier molecular flexibility index (Phi) is 6.51. The lowest BCUT2D eigenvalue weighted by atomic mass is 10.1. The molecule has 0 aliphatic carbocycles. The van der Waals surface area contributed by atoms with Gasteiger partial charge in [0.1, 0.15) is 0 Å². The fourth-order valence-corrected chi connectivity index (χ4v) is 3.10. The molecule has 1 saturated heterocycles. The van der Waals surface area contributed by atoms with Crippen LogP contribution in [0.15, 0.2) is 12.3 Å². The number of carbonyl (C=O) groups excluding carboxylic acids is 1. The topological polar surface area (TPSA) is 29.5 Å². The van der Waals surface area contributed by atoms with Crippen LogP contribution in [-0.4, -0.2) is 31.7 Å². The molecular weight excluding hydrogens is 278 g/mol. The number of carbonyl (C=O) groups is 1. The molecule has 0 N–H and O–H groups in total. The van der Waals surface area contributed by atoms with E-state index in [1.165, 1.54) is 12.8 Å².